The first-order chi connectivity index (χ1) is 11.1. The van der Waals surface area contributed by atoms with Crippen LogP contribution >= 0.6 is 0 Å². The molecule has 0 aliphatic heterocycles. The maximum absolute atomic E-state index is 14.4. The van der Waals surface area contributed by atoms with Gasteiger partial charge in [0.2, 0.25) is 0 Å². The van der Waals surface area contributed by atoms with Gasteiger partial charge in [0, 0.05) is 5.56 Å². The first-order valence-corrected chi connectivity index (χ1v) is 9.01. The van der Waals surface area contributed by atoms with E-state index in [0.29, 0.717) is 11.5 Å². The van der Waals surface area contributed by atoms with E-state index in [9.17, 15) is 4.39 Å². The largest absolute Gasteiger partial charge is 0.206 e. The van der Waals surface area contributed by atoms with Crippen LogP contribution in [0.25, 0.3) is 11.1 Å². The lowest BCUT2D eigenvalue weighted by Crippen LogP contribution is -1.97. The van der Waals surface area contributed by atoms with Gasteiger partial charge in [0.1, 0.15) is 5.82 Å². The van der Waals surface area contributed by atoms with Crippen LogP contribution in [0.4, 0.5) is 4.39 Å². The highest BCUT2D eigenvalue weighted by atomic mass is 19.1. The van der Waals surface area contributed by atoms with E-state index in [1.54, 1.807) is 6.07 Å². The van der Waals surface area contributed by atoms with Crippen LogP contribution in [-0.2, 0) is 12.8 Å². The van der Waals surface area contributed by atoms with Gasteiger partial charge in [-0.1, -0.05) is 76.4 Å². The number of halogens is 1. The average Bonchev–Trinajstić information content (AvgIpc) is 2.56. The predicted octanol–water partition coefficient (Wildman–Crippen LogP) is 6.81. The number of hydrogen-bond acceptors (Lipinski definition) is 0. The Kier molecular flexibility index (Phi) is 6.83. The summed E-state index contributed by atoms with van der Waals surface area (Å²) < 4.78 is 14.4. The molecule has 0 saturated heterocycles. The third kappa shape index (κ3) is 5.20. The Labute approximate surface area is 140 Å². The fourth-order valence-electron chi connectivity index (χ4n) is 2.89. The summed E-state index contributed by atoms with van der Waals surface area (Å²) in [5.41, 5.74) is 4.11. The number of hydrogen-bond donors (Lipinski definition) is 0. The summed E-state index contributed by atoms with van der Waals surface area (Å²) in [6, 6.07) is 14.1. The summed E-state index contributed by atoms with van der Waals surface area (Å²) in [6.45, 7) is 6.68. The predicted molar refractivity (Wildman–Crippen MR) is 98.2 cm³/mol. The molecule has 1 atom stereocenters. The van der Waals surface area contributed by atoms with E-state index in [1.807, 2.05) is 18.2 Å². The van der Waals surface area contributed by atoms with Crippen molar-refractivity contribution in [3.8, 4) is 11.1 Å². The van der Waals surface area contributed by atoms with Crippen molar-refractivity contribution in [2.75, 3.05) is 0 Å². The standard InChI is InChI=1S/C22H29F/c1-4-6-7-8-18-11-14-21(22(23)16-18)20-12-9-19(10-13-20)15-17(3)5-2/h9-14,16-17H,4-8,15H2,1-3H3. The molecule has 2 aromatic carbocycles. The average molecular weight is 312 g/mol. The Morgan fingerprint density at radius 1 is 0.913 bits per heavy atom. The fourth-order valence-corrected chi connectivity index (χ4v) is 2.89. The molecule has 0 aliphatic rings. The third-order valence-corrected chi connectivity index (χ3v) is 4.65. The monoisotopic (exact) mass is 312 g/mol. The van der Waals surface area contributed by atoms with E-state index in [2.05, 4.69) is 39.0 Å². The Hall–Kier alpha value is -1.63. The Bertz CT molecular complexity index is 598. The molecule has 1 unspecified atom stereocenters. The molecule has 0 aliphatic carbocycles. The van der Waals surface area contributed by atoms with Gasteiger partial charge in [-0.2, -0.15) is 0 Å². The lowest BCUT2D eigenvalue weighted by molar-refractivity contribution is 0.560. The molecule has 0 N–H and O–H groups in total. The van der Waals surface area contributed by atoms with Crippen molar-refractivity contribution >= 4 is 0 Å². The lowest BCUT2D eigenvalue weighted by Gasteiger charge is -2.10. The molecule has 0 aromatic heterocycles. The van der Waals surface area contributed by atoms with Gasteiger partial charge in [-0.05, 0) is 47.9 Å². The van der Waals surface area contributed by atoms with Crippen LogP contribution in [0.5, 0.6) is 0 Å². The highest BCUT2D eigenvalue weighted by Gasteiger charge is 2.07. The topological polar surface area (TPSA) is 0 Å². The van der Waals surface area contributed by atoms with Gasteiger partial charge < -0.3 is 0 Å². The van der Waals surface area contributed by atoms with Crippen LogP contribution in [0, 0.1) is 11.7 Å². The van der Waals surface area contributed by atoms with E-state index >= 15 is 0 Å². The molecular weight excluding hydrogens is 283 g/mol. The first kappa shape index (κ1) is 17.7. The van der Waals surface area contributed by atoms with Gasteiger partial charge in [0.05, 0.1) is 0 Å². The van der Waals surface area contributed by atoms with Crippen molar-refractivity contribution in [1.82, 2.24) is 0 Å². The van der Waals surface area contributed by atoms with E-state index in [-0.39, 0.29) is 5.82 Å². The first-order valence-electron chi connectivity index (χ1n) is 9.01. The molecule has 124 valence electrons. The lowest BCUT2D eigenvalue weighted by atomic mass is 9.96. The van der Waals surface area contributed by atoms with E-state index < -0.39 is 0 Å². The van der Waals surface area contributed by atoms with Gasteiger partial charge in [-0.25, -0.2) is 4.39 Å². The molecule has 0 heterocycles. The Balaban J connectivity index is 2.09. The molecule has 1 heteroatoms. The third-order valence-electron chi connectivity index (χ3n) is 4.65. The SMILES string of the molecule is CCCCCc1ccc(-c2ccc(CC(C)CC)cc2)c(F)c1. The highest BCUT2D eigenvalue weighted by molar-refractivity contribution is 5.64. The molecule has 0 radical (unpaired) electrons. The summed E-state index contributed by atoms with van der Waals surface area (Å²) >= 11 is 0. The summed E-state index contributed by atoms with van der Waals surface area (Å²) in [6.07, 6.45) is 6.80. The van der Waals surface area contributed by atoms with Crippen molar-refractivity contribution in [3.05, 3.63) is 59.4 Å². The van der Waals surface area contributed by atoms with Crippen molar-refractivity contribution in [2.45, 2.75) is 59.3 Å². The molecule has 0 saturated carbocycles. The van der Waals surface area contributed by atoms with Crippen LogP contribution < -0.4 is 0 Å². The Morgan fingerprint density at radius 3 is 2.22 bits per heavy atom. The smallest absolute Gasteiger partial charge is 0.131 e. The molecule has 0 nitrogen and oxygen atoms in total. The van der Waals surface area contributed by atoms with Crippen molar-refractivity contribution in [2.24, 2.45) is 5.92 Å². The summed E-state index contributed by atoms with van der Waals surface area (Å²) in [4.78, 5) is 0. The number of rotatable bonds is 8. The number of benzene rings is 2. The molecule has 0 spiro atoms. The fraction of sp³-hybridized carbons (Fsp3) is 0.455. The molecule has 0 fully saturated rings. The summed E-state index contributed by atoms with van der Waals surface area (Å²) in [7, 11) is 0. The molecule has 2 aromatic rings. The number of aryl methyl sites for hydroxylation is 1. The van der Waals surface area contributed by atoms with Gasteiger partial charge >= 0.3 is 0 Å². The van der Waals surface area contributed by atoms with Crippen LogP contribution in [0.15, 0.2) is 42.5 Å². The summed E-state index contributed by atoms with van der Waals surface area (Å²) in [5, 5.41) is 0. The van der Waals surface area contributed by atoms with E-state index in [1.165, 1.54) is 24.8 Å². The second-order valence-electron chi connectivity index (χ2n) is 6.69. The van der Waals surface area contributed by atoms with Crippen molar-refractivity contribution in [3.63, 3.8) is 0 Å². The molecule has 2 rings (SSSR count). The highest BCUT2D eigenvalue weighted by Crippen LogP contribution is 2.25. The minimum Gasteiger partial charge on any atom is -0.206 e. The van der Waals surface area contributed by atoms with Gasteiger partial charge in [-0.3, -0.25) is 0 Å². The maximum atomic E-state index is 14.4. The van der Waals surface area contributed by atoms with E-state index in [4.69, 9.17) is 0 Å². The van der Waals surface area contributed by atoms with E-state index in [0.717, 1.165) is 30.4 Å². The van der Waals surface area contributed by atoms with Gasteiger partial charge in [-0.15, -0.1) is 0 Å². The second kappa shape index (κ2) is 8.86. The zero-order valence-electron chi connectivity index (χ0n) is 14.7. The van der Waals surface area contributed by atoms with Crippen LogP contribution in [0.2, 0.25) is 0 Å². The minimum atomic E-state index is -0.103. The van der Waals surface area contributed by atoms with Crippen molar-refractivity contribution < 1.29 is 4.39 Å². The van der Waals surface area contributed by atoms with Crippen molar-refractivity contribution in [1.29, 1.82) is 0 Å². The molecule has 0 amide bonds. The quantitative estimate of drug-likeness (QED) is 0.469. The Morgan fingerprint density at radius 2 is 1.61 bits per heavy atom. The zero-order chi connectivity index (χ0) is 16.7. The van der Waals surface area contributed by atoms with Gasteiger partial charge in [0.15, 0.2) is 0 Å². The van der Waals surface area contributed by atoms with Crippen LogP contribution in [-0.4, -0.2) is 0 Å². The normalized spacial score (nSPS) is 12.3. The maximum Gasteiger partial charge on any atom is 0.131 e. The second-order valence-corrected chi connectivity index (χ2v) is 6.69. The number of unbranched alkanes of at least 4 members (excludes halogenated alkanes) is 2. The minimum absolute atomic E-state index is 0.103. The molecule has 0 bridgehead atoms. The summed E-state index contributed by atoms with van der Waals surface area (Å²) in [5.74, 6) is 0.591. The van der Waals surface area contributed by atoms with Crippen LogP contribution in [0.3, 0.4) is 0 Å². The van der Waals surface area contributed by atoms with Gasteiger partial charge in [0.25, 0.3) is 0 Å². The zero-order valence-corrected chi connectivity index (χ0v) is 14.7. The van der Waals surface area contributed by atoms with Crippen LogP contribution in [0.1, 0.15) is 57.6 Å². The molecular formula is C22H29F. The molecule has 23 heavy (non-hydrogen) atoms.